The van der Waals surface area contributed by atoms with Crippen LogP contribution in [-0.4, -0.2) is 25.8 Å². The molecule has 1 fully saturated rings. The maximum atomic E-state index is 6.04. The monoisotopic (exact) mass is 288 g/mol. The summed E-state index contributed by atoms with van der Waals surface area (Å²) >= 11 is 12.0. The Labute approximate surface area is 118 Å². The van der Waals surface area contributed by atoms with Crippen molar-refractivity contribution < 1.29 is 4.74 Å². The lowest BCUT2D eigenvalue weighted by Crippen LogP contribution is -2.37. The zero-order valence-corrected chi connectivity index (χ0v) is 12.0. The van der Waals surface area contributed by atoms with Crippen molar-refractivity contribution in [3.63, 3.8) is 0 Å². The summed E-state index contributed by atoms with van der Waals surface area (Å²) in [6.45, 7) is 4.68. The topological polar surface area (TPSA) is 38.5 Å². The molecule has 0 unspecified atom stereocenters. The third-order valence-corrected chi connectivity index (χ3v) is 3.98. The van der Waals surface area contributed by atoms with Gasteiger partial charge in [0.2, 0.25) is 0 Å². The van der Waals surface area contributed by atoms with Crippen molar-refractivity contribution >= 4 is 34.6 Å². The first-order chi connectivity index (χ1) is 8.61. The Balaban J connectivity index is 2.07. The van der Waals surface area contributed by atoms with Crippen molar-refractivity contribution in [3.8, 4) is 0 Å². The Hall–Kier alpha value is -0.640. The highest BCUT2D eigenvalue weighted by Gasteiger charge is 2.21. The van der Waals surface area contributed by atoms with E-state index in [1.54, 1.807) is 6.07 Å². The molecule has 0 aliphatic carbocycles. The molecule has 0 saturated carbocycles. The van der Waals surface area contributed by atoms with Crippen LogP contribution in [0, 0.1) is 0 Å². The van der Waals surface area contributed by atoms with Crippen LogP contribution in [0.4, 0.5) is 11.4 Å². The summed E-state index contributed by atoms with van der Waals surface area (Å²) in [4.78, 5) is 2.24. The third kappa shape index (κ3) is 3.02. The predicted molar refractivity (Wildman–Crippen MR) is 77.7 cm³/mol. The largest absolute Gasteiger partial charge is 0.397 e. The Morgan fingerprint density at radius 3 is 2.50 bits per heavy atom. The van der Waals surface area contributed by atoms with Crippen LogP contribution < -0.4 is 10.6 Å². The Morgan fingerprint density at radius 2 is 1.89 bits per heavy atom. The Bertz CT molecular complexity index is 418. The second kappa shape index (κ2) is 6.00. The molecule has 1 saturated heterocycles. The summed E-state index contributed by atoms with van der Waals surface area (Å²) in [5, 5.41) is 1.05. The van der Waals surface area contributed by atoms with E-state index in [4.69, 9.17) is 33.7 Å². The number of nitrogens with two attached hydrogens (primary N) is 1. The fourth-order valence-corrected chi connectivity index (χ4v) is 2.65. The quantitative estimate of drug-likeness (QED) is 0.864. The first-order valence-electron chi connectivity index (χ1n) is 6.23. The van der Waals surface area contributed by atoms with E-state index in [1.807, 2.05) is 13.0 Å². The summed E-state index contributed by atoms with van der Waals surface area (Å²) in [6.07, 6.45) is 2.41. The van der Waals surface area contributed by atoms with Gasteiger partial charge in [-0.05, 0) is 31.9 Å². The lowest BCUT2D eigenvalue weighted by molar-refractivity contribution is 0.0459. The van der Waals surface area contributed by atoms with Gasteiger partial charge in [0, 0.05) is 19.7 Å². The summed E-state index contributed by atoms with van der Waals surface area (Å²) in [7, 11) is 0. The van der Waals surface area contributed by atoms with Crippen molar-refractivity contribution in [2.24, 2.45) is 0 Å². The Kier molecular flexibility index (Phi) is 4.60. The zero-order chi connectivity index (χ0) is 13.1. The number of hydrogen-bond acceptors (Lipinski definition) is 3. The minimum absolute atomic E-state index is 0.371. The number of anilines is 2. The number of nitrogens with zero attached hydrogens (tertiary/aromatic N) is 1. The highest BCUT2D eigenvalue weighted by atomic mass is 35.5. The van der Waals surface area contributed by atoms with Crippen molar-refractivity contribution in [2.45, 2.75) is 25.9 Å². The van der Waals surface area contributed by atoms with Crippen LogP contribution in [0.15, 0.2) is 12.1 Å². The van der Waals surface area contributed by atoms with Gasteiger partial charge in [-0.15, -0.1) is 0 Å². The standard InChI is InChI=1S/C13H18Cl2N2O/c1-2-18-9-3-5-17(6-4-9)13-8-11(15)10(14)7-12(13)16/h7-9H,2-6,16H2,1H3. The predicted octanol–water partition coefficient (Wildman–Crippen LogP) is 3.58. The van der Waals surface area contributed by atoms with E-state index in [2.05, 4.69) is 4.90 Å². The normalized spacial score (nSPS) is 17.2. The summed E-state index contributed by atoms with van der Waals surface area (Å²) < 4.78 is 5.63. The first-order valence-corrected chi connectivity index (χ1v) is 6.98. The van der Waals surface area contributed by atoms with Crippen molar-refractivity contribution in [1.29, 1.82) is 0 Å². The van der Waals surface area contributed by atoms with Gasteiger partial charge in [0.25, 0.3) is 0 Å². The zero-order valence-electron chi connectivity index (χ0n) is 10.5. The molecule has 5 heteroatoms. The van der Waals surface area contributed by atoms with Gasteiger partial charge in [-0.1, -0.05) is 23.2 Å². The molecule has 2 rings (SSSR count). The van der Waals surface area contributed by atoms with Gasteiger partial charge in [0.1, 0.15) is 0 Å². The van der Waals surface area contributed by atoms with Gasteiger partial charge in [0.15, 0.2) is 0 Å². The van der Waals surface area contributed by atoms with Crippen LogP contribution in [-0.2, 0) is 4.74 Å². The molecule has 0 aromatic heterocycles. The molecule has 0 spiro atoms. The van der Waals surface area contributed by atoms with Crippen LogP contribution in [0.5, 0.6) is 0 Å². The maximum Gasteiger partial charge on any atom is 0.0615 e. The number of rotatable bonds is 3. The number of ether oxygens (including phenoxy) is 1. The molecule has 2 N–H and O–H groups in total. The molecule has 1 heterocycles. The Morgan fingerprint density at radius 1 is 1.28 bits per heavy atom. The first kappa shape index (κ1) is 13.8. The number of halogens is 2. The third-order valence-electron chi connectivity index (χ3n) is 3.25. The van der Waals surface area contributed by atoms with Gasteiger partial charge in [-0.2, -0.15) is 0 Å². The minimum Gasteiger partial charge on any atom is -0.397 e. The lowest BCUT2D eigenvalue weighted by atomic mass is 10.1. The van der Waals surface area contributed by atoms with Crippen LogP contribution >= 0.6 is 23.2 Å². The van der Waals surface area contributed by atoms with Gasteiger partial charge in [0.05, 0.1) is 27.5 Å². The smallest absolute Gasteiger partial charge is 0.0615 e. The molecule has 1 aromatic carbocycles. The summed E-state index contributed by atoms with van der Waals surface area (Å²) in [6, 6.07) is 3.56. The highest BCUT2D eigenvalue weighted by Crippen LogP contribution is 2.34. The fraction of sp³-hybridized carbons (Fsp3) is 0.538. The van der Waals surface area contributed by atoms with Crippen LogP contribution in [0.3, 0.4) is 0 Å². The number of nitrogen functional groups attached to an aromatic ring is 1. The van der Waals surface area contributed by atoms with E-state index >= 15 is 0 Å². The molecule has 0 amide bonds. The summed E-state index contributed by atoms with van der Waals surface area (Å²) in [5.41, 5.74) is 7.65. The average Bonchev–Trinajstić information content (AvgIpc) is 2.35. The van der Waals surface area contributed by atoms with E-state index in [9.17, 15) is 0 Å². The van der Waals surface area contributed by atoms with Gasteiger partial charge >= 0.3 is 0 Å². The van der Waals surface area contributed by atoms with Crippen LogP contribution in [0.25, 0.3) is 0 Å². The molecular weight excluding hydrogens is 271 g/mol. The fourth-order valence-electron chi connectivity index (χ4n) is 2.32. The molecule has 3 nitrogen and oxygen atoms in total. The molecule has 1 aliphatic rings. The van der Waals surface area contributed by atoms with E-state index in [-0.39, 0.29) is 0 Å². The summed E-state index contributed by atoms with van der Waals surface area (Å²) in [5.74, 6) is 0. The molecule has 18 heavy (non-hydrogen) atoms. The van der Waals surface area contributed by atoms with Crippen LogP contribution in [0.2, 0.25) is 10.0 Å². The van der Waals surface area contributed by atoms with Crippen molar-refractivity contribution in [3.05, 3.63) is 22.2 Å². The maximum absolute atomic E-state index is 6.04. The lowest BCUT2D eigenvalue weighted by Gasteiger charge is -2.34. The molecule has 0 atom stereocenters. The molecule has 1 aromatic rings. The number of benzene rings is 1. The van der Waals surface area contributed by atoms with Gasteiger partial charge < -0.3 is 15.4 Å². The number of piperidine rings is 1. The molecular formula is C13H18Cl2N2O. The minimum atomic E-state index is 0.371. The highest BCUT2D eigenvalue weighted by molar-refractivity contribution is 6.42. The second-order valence-corrected chi connectivity index (χ2v) is 5.28. The molecule has 100 valence electrons. The van der Waals surface area contributed by atoms with Crippen molar-refractivity contribution in [1.82, 2.24) is 0 Å². The van der Waals surface area contributed by atoms with Crippen molar-refractivity contribution in [2.75, 3.05) is 30.3 Å². The van der Waals surface area contributed by atoms with E-state index in [1.165, 1.54) is 0 Å². The average molecular weight is 289 g/mol. The molecule has 0 bridgehead atoms. The second-order valence-electron chi connectivity index (χ2n) is 4.47. The molecule has 1 aliphatic heterocycles. The van der Waals surface area contributed by atoms with E-state index < -0.39 is 0 Å². The van der Waals surface area contributed by atoms with Gasteiger partial charge in [-0.25, -0.2) is 0 Å². The van der Waals surface area contributed by atoms with Gasteiger partial charge in [-0.3, -0.25) is 0 Å². The van der Waals surface area contributed by atoms with E-state index in [0.717, 1.165) is 38.2 Å². The molecule has 0 radical (unpaired) electrons. The number of hydrogen-bond donors (Lipinski definition) is 1. The van der Waals surface area contributed by atoms with Crippen LogP contribution in [0.1, 0.15) is 19.8 Å². The van der Waals surface area contributed by atoms with E-state index in [0.29, 0.717) is 21.8 Å². The SMILES string of the molecule is CCOC1CCN(c2cc(Cl)c(Cl)cc2N)CC1.